The van der Waals surface area contributed by atoms with Gasteiger partial charge in [-0.25, -0.2) is 9.37 Å². The van der Waals surface area contributed by atoms with Crippen LogP contribution in [0.3, 0.4) is 0 Å². The van der Waals surface area contributed by atoms with Crippen molar-refractivity contribution in [1.82, 2.24) is 14.5 Å². The van der Waals surface area contributed by atoms with E-state index in [1.165, 1.54) is 18.2 Å². The third-order valence-corrected chi connectivity index (χ3v) is 5.72. The van der Waals surface area contributed by atoms with E-state index >= 15 is 0 Å². The standard InChI is InChI=1S/C25H26FN3O3/c1-17-15-29(16-27-17)21-10-7-19(14-24(21)32-2)22(30)11-13-28-12-3-4-23(31)25(28)18-5-8-20(26)9-6-18/h5-11,13-16,23,25,31H,3-4,12H2,1-2H3. The molecule has 1 fully saturated rings. The highest BCUT2D eigenvalue weighted by atomic mass is 19.1. The molecule has 32 heavy (non-hydrogen) atoms. The van der Waals surface area contributed by atoms with Crippen LogP contribution in [-0.2, 0) is 0 Å². The summed E-state index contributed by atoms with van der Waals surface area (Å²) < 4.78 is 20.7. The van der Waals surface area contributed by atoms with Gasteiger partial charge in [-0.05, 0) is 55.7 Å². The van der Waals surface area contributed by atoms with E-state index in [9.17, 15) is 14.3 Å². The molecule has 0 bridgehead atoms. The van der Waals surface area contributed by atoms with E-state index in [4.69, 9.17) is 4.74 Å². The van der Waals surface area contributed by atoms with E-state index in [0.29, 0.717) is 24.3 Å². The predicted molar refractivity (Wildman–Crippen MR) is 119 cm³/mol. The van der Waals surface area contributed by atoms with Crippen LogP contribution in [0.1, 0.15) is 40.5 Å². The second-order valence-electron chi connectivity index (χ2n) is 7.93. The number of imidazole rings is 1. The number of rotatable bonds is 6. The Labute approximate surface area is 186 Å². The number of aryl methyl sites for hydroxylation is 1. The van der Waals surface area contributed by atoms with Crippen LogP contribution in [0.2, 0.25) is 0 Å². The number of carbonyl (C=O) groups is 1. The molecule has 2 aromatic carbocycles. The smallest absolute Gasteiger partial charge is 0.187 e. The molecule has 7 heteroatoms. The van der Waals surface area contributed by atoms with Crippen molar-refractivity contribution in [3.63, 3.8) is 0 Å². The topological polar surface area (TPSA) is 67.6 Å². The summed E-state index contributed by atoms with van der Waals surface area (Å²) in [5, 5.41) is 10.6. The Morgan fingerprint density at radius 2 is 2.03 bits per heavy atom. The van der Waals surface area contributed by atoms with Crippen molar-refractivity contribution in [2.75, 3.05) is 13.7 Å². The molecule has 0 spiro atoms. The molecule has 1 aliphatic rings. The molecule has 2 atom stereocenters. The van der Waals surface area contributed by atoms with Gasteiger partial charge < -0.3 is 19.3 Å². The Morgan fingerprint density at radius 3 is 2.72 bits per heavy atom. The summed E-state index contributed by atoms with van der Waals surface area (Å²) in [6, 6.07) is 11.1. The molecule has 0 aliphatic carbocycles. The van der Waals surface area contributed by atoms with Crippen LogP contribution >= 0.6 is 0 Å². The molecule has 3 aromatic rings. The number of aromatic nitrogens is 2. The van der Waals surface area contributed by atoms with Crippen molar-refractivity contribution in [2.45, 2.75) is 31.9 Å². The molecule has 2 heterocycles. The number of methoxy groups -OCH3 is 1. The van der Waals surface area contributed by atoms with Gasteiger partial charge in [0.15, 0.2) is 5.78 Å². The lowest BCUT2D eigenvalue weighted by atomic mass is 9.93. The minimum Gasteiger partial charge on any atom is -0.495 e. The average molecular weight is 435 g/mol. The van der Waals surface area contributed by atoms with Crippen LogP contribution < -0.4 is 4.74 Å². The van der Waals surface area contributed by atoms with Crippen molar-refractivity contribution in [3.8, 4) is 11.4 Å². The highest BCUT2D eigenvalue weighted by Gasteiger charge is 2.29. The summed E-state index contributed by atoms with van der Waals surface area (Å²) in [4.78, 5) is 19.1. The number of piperidine rings is 1. The van der Waals surface area contributed by atoms with Crippen molar-refractivity contribution in [1.29, 1.82) is 0 Å². The number of halogens is 1. The maximum absolute atomic E-state index is 13.3. The van der Waals surface area contributed by atoms with E-state index in [0.717, 1.165) is 23.4 Å². The molecule has 0 saturated carbocycles. The van der Waals surface area contributed by atoms with Gasteiger partial charge in [-0.3, -0.25) is 4.79 Å². The number of ether oxygens (including phenoxy) is 1. The number of hydrogen-bond acceptors (Lipinski definition) is 5. The fourth-order valence-electron chi connectivity index (χ4n) is 4.10. The minimum absolute atomic E-state index is 0.172. The van der Waals surface area contributed by atoms with E-state index in [1.54, 1.807) is 43.9 Å². The summed E-state index contributed by atoms with van der Waals surface area (Å²) in [6.45, 7) is 2.60. The Morgan fingerprint density at radius 1 is 1.25 bits per heavy atom. The summed E-state index contributed by atoms with van der Waals surface area (Å²) in [5.41, 5.74) is 2.99. The quantitative estimate of drug-likeness (QED) is 0.464. The lowest BCUT2D eigenvalue weighted by molar-refractivity contribution is 0.0349. The number of likely N-dealkylation sites (tertiary alicyclic amines) is 1. The van der Waals surface area contributed by atoms with E-state index in [-0.39, 0.29) is 17.6 Å². The summed E-state index contributed by atoms with van der Waals surface area (Å²) in [5.74, 6) is 0.0772. The molecule has 6 nitrogen and oxygen atoms in total. The maximum atomic E-state index is 13.3. The second kappa shape index (κ2) is 9.36. The van der Waals surface area contributed by atoms with Crippen LogP contribution in [0.5, 0.6) is 5.75 Å². The average Bonchev–Trinajstić information content (AvgIpc) is 3.24. The van der Waals surface area contributed by atoms with Gasteiger partial charge in [0.05, 0.1) is 37.0 Å². The van der Waals surface area contributed by atoms with Gasteiger partial charge in [0, 0.05) is 30.6 Å². The molecule has 1 N–H and O–H groups in total. The number of hydrogen-bond donors (Lipinski definition) is 1. The number of carbonyl (C=O) groups excluding carboxylic acids is 1. The van der Waals surface area contributed by atoms with Crippen LogP contribution in [0.4, 0.5) is 4.39 Å². The molecular formula is C25H26FN3O3. The van der Waals surface area contributed by atoms with Gasteiger partial charge in [-0.2, -0.15) is 0 Å². The number of ketones is 1. The molecule has 2 unspecified atom stereocenters. The lowest BCUT2D eigenvalue weighted by Gasteiger charge is -2.38. The van der Waals surface area contributed by atoms with E-state index < -0.39 is 6.10 Å². The van der Waals surface area contributed by atoms with E-state index in [1.807, 2.05) is 28.7 Å². The highest BCUT2D eigenvalue weighted by molar-refractivity contribution is 6.04. The first-order chi connectivity index (χ1) is 15.5. The zero-order valence-corrected chi connectivity index (χ0v) is 18.1. The lowest BCUT2D eigenvalue weighted by Crippen LogP contribution is -2.38. The largest absolute Gasteiger partial charge is 0.495 e. The van der Waals surface area contributed by atoms with E-state index in [2.05, 4.69) is 4.98 Å². The minimum atomic E-state index is -0.591. The zero-order valence-electron chi connectivity index (χ0n) is 18.1. The summed E-state index contributed by atoms with van der Waals surface area (Å²) >= 11 is 0. The Kier molecular flexibility index (Phi) is 6.37. The van der Waals surface area contributed by atoms with Crippen LogP contribution in [0.15, 0.2) is 67.3 Å². The van der Waals surface area contributed by atoms with Gasteiger partial charge in [0.25, 0.3) is 0 Å². The summed E-state index contributed by atoms with van der Waals surface area (Å²) in [6.07, 6.45) is 7.69. The number of allylic oxidation sites excluding steroid dienone is 1. The molecule has 1 saturated heterocycles. The monoisotopic (exact) mass is 435 g/mol. The molecule has 166 valence electrons. The molecule has 0 amide bonds. The predicted octanol–water partition coefficient (Wildman–Crippen LogP) is 4.22. The Bertz CT molecular complexity index is 1120. The van der Waals surface area contributed by atoms with Crippen molar-refractivity contribution < 1.29 is 19.0 Å². The van der Waals surface area contributed by atoms with Gasteiger partial charge in [-0.15, -0.1) is 0 Å². The third-order valence-electron chi connectivity index (χ3n) is 5.72. The molecule has 1 aromatic heterocycles. The number of benzene rings is 2. The van der Waals surface area contributed by atoms with Gasteiger partial charge in [0.2, 0.25) is 0 Å². The van der Waals surface area contributed by atoms with Crippen LogP contribution in [0, 0.1) is 12.7 Å². The number of nitrogens with zero attached hydrogens (tertiary/aromatic N) is 3. The highest BCUT2D eigenvalue weighted by Crippen LogP contribution is 2.32. The van der Waals surface area contributed by atoms with Crippen LogP contribution in [0.25, 0.3) is 5.69 Å². The second-order valence-corrected chi connectivity index (χ2v) is 7.93. The Hall–Kier alpha value is -3.45. The van der Waals surface area contributed by atoms with Gasteiger partial charge in [0.1, 0.15) is 11.6 Å². The molecule has 0 radical (unpaired) electrons. The number of aliphatic hydroxyl groups excluding tert-OH is 1. The summed E-state index contributed by atoms with van der Waals surface area (Å²) in [7, 11) is 1.56. The SMILES string of the molecule is COc1cc(C(=O)C=CN2CCCC(O)C2c2ccc(F)cc2)ccc1-n1cnc(C)c1. The molecular weight excluding hydrogens is 409 g/mol. The van der Waals surface area contributed by atoms with Gasteiger partial charge in [-0.1, -0.05) is 12.1 Å². The zero-order chi connectivity index (χ0) is 22.7. The first kappa shape index (κ1) is 21.8. The molecule has 1 aliphatic heterocycles. The molecule has 4 rings (SSSR count). The van der Waals surface area contributed by atoms with Crippen LogP contribution in [-0.4, -0.2) is 45.1 Å². The maximum Gasteiger partial charge on any atom is 0.187 e. The van der Waals surface area contributed by atoms with Crippen molar-refractivity contribution in [2.24, 2.45) is 0 Å². The van der Waals surface area contributed by atoms with Crippen molar-refractivity contribution >= 4 is 5.78 Å². The fourth-order valence-corrected chi connectivity index (χ4v) is 4.10. The fraction of sp³-hybridized carbons (Fsp3) is 0.280. The van der Waals surface area contributed by atoms with Crippen molar-refractivity contribution in [3.05, 3.63) is 89.9 Å². The normalized spacial score (nSPS) is 18.8. The Balaban J connectivity index is 1.55. The first-order valence-electron chi connectivity index (χ1n) is 10.6. The first-order valence-corrected chi connectivity index (χ1v) is 10.6. The number of aliphatic hydroxyl groups is 1. The third kappa shape index (κ3) is 4.57. The van der Waals surface area contributed by atoms with Gasteiger partial charge >= 0.3 is 0 Å².